The van der Waals surface area contributed by atoms with Gasteiger partial charge in [-0.25, -0.2) is 0 Å². The van der Waals surface area contributed by atoms with Gasteiger partial charge in [-0.05, 0) is 6.42 Å². The Hall–Kier alpha value is -0.650. The minimum atomic E-state index is -1.18. The van der Waals surface area contributed by atoms with Crippen molar-refractivity contribution in [2.45, 2.75) is 33.0 Å². The normalized spacial score (nSPS) is 12.5. The molecule has 0 aliphatic carbocycles. The molecular formula is C10H20O5. The maximum Gasteiger partial charge on any atom is 0.305 e. The van der Waals surface area contributed by atoms with Crippen molar-refractivity contribution in [1.29, 1.82) is 0 Å². The van der Waals surface area contributed by atoms with E-state index in [-0.39, 0.29) is 6.61 Å². The summed E-state index contributed by atoms with van der Waals surface area (Å²) < 4.78 is 14.7. The van der Waals surface area contributed by atoms with Gasteiger partial charge in [0.15, 0.2) is 0 Å². The smallest absolute Gasteiger partial charge is 0.305 e. The second-order valence-electron chi connectivity index (χ2n) is 3.10. The van der Waals surface area contributed by atoms with Crippen LogP contribution in [0.15, 0.2) is 0 Å². The number of carbonyl (C=O) groups excluding carboxylic acids is 1. The number of unbranched alkanes of at least 4 members (excludes halogenated alkanes) is 1. The van der Waals surface area contributed by atoms with E-state index < -0.39 is 12.3 Å². The van der Waals surface area contributed by atoms with E-state index in [1.807, 2.05) is 0 Å². The fourth-order valence-corrected chi connectivity index (χ4v) is 0.876. The van der Waals surface area contributed by atoms with Crippen LogP contribution in [0.2, 0.25) is 0 Å². The van der Waals surface area contributed by atoms with E-state index >= 15 is 0 Å². The number of carbonyl (C=O) groups is 1. The predicted octanol–water partition coefficient (Wildman–Crippen LogP) is 0.701. The molecule has 15 heavy (non-hydrogen) atoms. The number of esters is 1. The maximum atomic E-state index is 10.4. The second kappa shape index (κ2) is 9.89. The van der Waals surface area contributed by atoms with Crippen molar-refractivity contribution in [2.75, 3.05) is 26.4 Å². The van der Waals surface area contributed by atoms with Crippen LogP contribution in [-0.4, -0.2) is 43.8 Å². The molecule has 0 aliphatic heterocycles. The van der Waals surface area contributed by atoms with E-state index in [0.29, 0.717) is 13.2 Å². The molecule has 0 bridgehead atoms. The lowest BCUT2D eigenvalue weighted by Gasteiger charge is -2.10. The summed E-state index contributed by atoms with van der Waals surface area (Å²) in [6.45, 7) is 4.92. The topological polar surface area (TPSA) is 65.0 Å². The summed E-state index contributed by atoms with van der Waals surface area (Å²) in [5, 5.41) is 9.05. The standard InChI is InChI=1S/C10H20O5/c1-3-4-5-13-6-7-14-8-10(12)15-9(2)11/h10,12H,3-8H2,1-2H3. The zero-order chi connectivity index (χ0) is 11.5. The van der Waals surface area contributed by atoms with Crippen LogP contribution >= 0.6 is 0 Å². The Balaban J connectivity index is 3.13. The third-order valence-corrected chi connectivity index (χ3v) is 1.58. The molecule has 0 radical (unpaired) electrons. The molecule has 0 saturated heterocycles. The maximum absolute atomic E-state index is 10.4. The molecule has 0 fully saturated rings. The van der Waals surface area contributed by atoms with E-state index in [1.54, 1.807) is 0 Å². The molecule has 0 heterocycles. The first-order valence-corrected chi connectivity index (χ1v) is 5.17. The fraction of sp³-hybridized carbons (Fsp3) is 0.900. The van der Waals surface area contributed by atoms with E-state index in [1.165, 1.54) is 6.92 Å². The van der Waals surface area contributed by atoms with E-state index in [9.17, 15) is 4.79 Å². The first kappa shape index (κ1) is 14.3. The molecule has 1 N–H and O–H groups in total. The van der Waals surface area contributed by atoms with Gasteiger partial charge < -0.3 is 19.3 Å². The quantitative estimate of drug-likeness (QED) is 0.352. The van der Waals surface area contributed by atoms with Gasteiger partial charge in [-0.3, -0.25) is 4.79 Å². The van der Waals surface area contributed by atoms with Gasteiger partial charge in [0.05, 0.1) is 13.2 Å². The number of ether oxygens (including phenoxy) is 3. The van der Waals surface area contributed by atoms with Crippen molar-refractivity contribution in [3.8, 4) is 0 Å². The molecule has 0 rings (SSSR count). The van der Waals surface area contributed by atoms with Crippen LogP contribution in [-0.2, 0) is 19.0 Å². The lowest BCUT2D eigenvalue weighted by molar-refractivity contribution is -0.175. The molecule has 0 aromatic heterocycles. The molecule has 5 nitrogen and oxygen atoms in total. The van der Waals surface area contributed by atoms with Crippen molar-refractivity contribution in [3.63, 3.8) is 0 Å². The van der Waals surface area contributed by atoms with Crippen LogP contribution in [0.4, 0.5) is 0 Å². The third-order valence-electron chi connectivity index (χ3n) is 1.58. The number of hydrogen-bond acceptors (Lipinski definition) is 5. The Morgan fingerprint density at radius 1 is 1.27 bits per heavy atom. The van der Waals surface area contributed by atoms with Crippen LogP contribution in [0.3, 0.4) is 0 Å². The van der Waals surface area contributed by atoms with E-state index in [2.05, 4.69) is 11.7 Å². The third kappa shape index (κ3) is 11.3. The van der Waals surface area contributed by atoms with Crippen LogP contribution in [0, 0.1) is 0 Å². The Morgan fingerprint density at radius 2 is 1.93 bits per heavy atom. The van der Waals surface area contributed by atoms with Gasteiger partial charge in [-0.1, -0.05) is 13.3 Å². The number of rotatable bonds is 9. The summed E-state index contributed by atoms with van der Waals surface area (Å²) in [5.41, 5.74) is 0. The van der Waals surface area contributed by atoms with E-state index in [0.717, 1.165) is 19.4 Å². The molecule has 0 spiro atoms. The average Bonchev–Trinajstić information content (AvgIpc) is 2.15. The molecule has 0 aliphatic rings. The van der Waals surface area contributed by atoms with Crippen LogP contribution in [0.25, 0.3) is 0 Å². The highest BCUT2D eigenvalue weighted by molar-refractivity contribution is 5.65. The molecular weight excluding hydrogens is 200 g/mol. The van der Waals surface area contributed by atoms with Crippen molar-refractivity contribution in [3.05, 3.63) is 0 Å². The monoisotopic (exact) mass is 220 g/mol. The van der Waals surface area contributed by atoms with Gasteiger partial charge >= 0.3 is 5.97 Å². The van der Waals surface area contributed by atoms with Crippen molar-refractivity contribution < 1.29 is 24.1 Å². The number of hydrogen-bond donors (Lipinski definition) is 1. The summed E-state index contributed by atoms with van der Waals surface area (Å²) in [6.07, 6.45) is 0.959. The number of aliphatic hydroxyl groups is 1. The average molecular weight is 220 g/mol. The Bertz CT molecular complexity index is 160. The van der Waals surface area contributed by atoms with Gasteiger partial charge in [-0.15, -0.1) is 0 Å². The molecule has 5 heteroatoms. The van der Waals surface area contributed by atoms with Crippen molar-refractivity contribution in [1.82, 2.24) is 0 Å². The lowest BCUT2D eigenvalue weighted by atomic mass is 10.4. The minimum Gasteiger partial charge on any atom is -0.434 e. The molecule has 0 aromatic carbocycles. The SMILES string of the molecule is CCCCOCCOCC(O)OC(C)=O. The highest BCUT2D eigenvalue weighted by Gasteiger charge is 2.06. The highest BCUT2D eigenvalue weighted by Crippen LogP contribution is 1.91. The van der Waals surface area contributed by atoms with Gasteiger partial charge in [0.2, 0.25) is 6.29 Å². The van der Waals surface area contributed by atoms with Crippen LogP contribution < -0.4 is 0 Å². The molecule has 0 amide bonds. The predicted molar refractivity (Wildman–Crippen MR) is 54.3 cm³/mol. The Labute approximate surface area is 90.3 Å². The van der Waals surface area contributed by atoms with Crippen molar-refractivity contribution >= 4 is 5.97 Å². The summed E-state index contributed by atoms with van der Waals surface area (Å²) in [4.78, 5) is 10.4. The number of aliphatic hydroxyl groups excluding tert-OH is 1. The molecule has 0 saturated carbocycles. The van der Waals surface area contributed by atoms with Gasteiger partial charge in [0.1, 0.15) is 6.61 Å². The van der Waals surface area contributed by atoms with Crippen molar-refractivity contribution in [2.24, 2.45) is 0 Å². The molecule has 1 atom stereocenters. The first-order chi connectivity index (χ1) is 7.16. The molecule has 90 valence electrons. The lowest BCUT2D eigenvalue weighted by Crippen LogP contribution is -2.22. The summed E-state index contributed by atoms with van der Waals surface area (Å²) >= 11 is 0. The Kier molecular flexibility index (Phi) is 9.46. The first-order valence-electron chi connectivity index (χ1n) is 5.17. The second-order valence-corrected chi connectivity index (χ2v) is 3.10. The van der Waals surface area contributed by atoms with Crippen LogP contribution in [0.5, 0.6) is 0 Å². The van der Waals surface area contributed by atoms with E-state index in [4.69, 9.17) is 14.6 Å². The largest absolute Gasteiger partial charge is 0.434 e. The molecule has 1 unspecified atom stereocenters. The van der Waals surface area contributed by atoms with Crippen LogP contribution in [0.1, 0.15) is 26.7 Å². The summed E-state index contributed by atoms with van der Waals surface area (Å²) in [5.74, 6) is -0.523. The zero-order valence-electron chi connectivity index (χ0n) is 9.40. The van der Waals surface area contributed by atoms with Gasteiger partial charge in [0, 0.05) is 13.5 Å². The van der Waals surface area contributed by atoms with Gasteiger partial charge in [-0.2, -0.15) is 0 Å². The molecule has 0 aromatic rings. The summed E-state index contributed by atoms with van der Waals surface area (Å²) in [7, 11) is 0. The fourth-order valence-electron chi connectivity index (χ4n) is 0.876. The Morgan fingerprint density at radius 3 is 2.53 bits per heavy atom. The minimum absolute atomic E-state index is 0.0171. The highest BCUT2D eigenvalue weighted by atomic mass is 16.7. The van der Waals surface area contributed by atoms with Gasteiger partial charge in [0.25, 0.3) is 0 Å². The summed E-state index contributed by atoms with van der Waals surface area (Å²) in [6, 6.07) is 0. The zero-order valence-corrected chi connectivity index (χ0v) is 9.40.